The summed E-state index contributed by atoms with van der Waals surface area (Å²) in [5.74, 6) is -1.07. The van der Waals surface area contributed by atoms with Crippen molar-refractivity contribution in [1.82, 2.24) is 4.98 Å². The number of carboxylic acids is 1. The molecule has 0 aromatic carbocycles. The molecule has 1 heterocycles. The average Bonchev–Trinajstić information content (AvgIpc) is 2.01. The van der Waals surface area contributed by atoms with Gasteiger partial charge in [-0.2, -0.15) is 0 Å². The van der Waals surface area contributed by atoms with Gasteiger partial charge in [-0.3, -0.25) is 0 Å². The Morgan fingerprint density at radius 3 is 2.71 bits per heavy atom. The third kappa shape index (κ3) is 2.36. The van der Waals surface area contributed by atoms with Crippen molar-refractivity contribution in [3.8, 4) is 0 Å². The molecule has 0 radical (unpaired) electrons. The number of rotatable bonds is 3. The summed E-state index contributed by atoms with van der Waals surface area (Å²) >= 11 is 11.4. The summed E-state index contributed by atoms with van der Waals surface area (Å²) in [6.07, 6.45) is 1.46. The second-order valence-electron chi connectivity index (χ2n) is 2.83. The lowest BCUT2D eigenvalue weighted by Crippen LogP contribution is -2.05. The van der Waals surface area contributed by atoms with Crippen LogP contribution in [0.1, 0.15) is 29.3 Å². The molecule has 1 aromatic rings. The van der Waals surface area contributed by atoms with Crippen LogP contribution in [0.25, 0.3) is 0 Å². The van der Waals surface area contributed by atoms with E-state index in [-0.39, 0.29) is 15.9 Å². The molecular weight excluding hydrogens is 225 g/mol. The average molecular weight is 234 g/mol. The minimum atomic E-state index is -1.07. The molecule has 5 heteroatoms. The van der Waals surface area contributed by atoms with E-state index >= 15 is 0 Å². The topological polar surface area (TPSA) is 50.2 Å². The summed E-state index contributed by atoms with van der Waals surface area (Å²) < 4.78 is 0. The highest BCUT2D eigenvalue weighted by Gasteiger charge is 2.16. The van der Waals surface area contributed by atoms with E-state index in [9.17, 15) is 4.79 Å². The van der Waals surface area contributed by atoms with Gasteiger partial charge in [0.25, 0.3) is 0 Å². The van der Waals surface area contributed by atoms with Gasteiger partial charge in [0.1, 0.15) is 15.9 Å². The SMILES string of the molecule is CCCc1cc(Cl)nc(Cl)c1C(=O)O. The monoisotopic (exact) mass is 233 g/mol. The maximum atomic E-state index is 10.9. The molecule has 0 atom stereocenters. The summed E-state index contributed by atoms with van der Waals surface area (Å²) in [5.41, 5.74) is 0.683. The van der Waals surface area contributed by atoms with Gasteiger partial charge in [0, 0.05) is 0 Å². The van der Waals surface area contributed by atoms with Gasteiger partial charge in [-0.1, -0.05) is 36.5 Å². The minimum absolute atomic E-state index is 0.0477. The van der Waals surface area contributed by atoms with E-state index in [1.165, 1.54) is 0 Å². The van der Waals surface area contributed by atoms with E-state index < -0.39 is 5.97 Å². The zero-order chi connectivity index (χ0) is 10.7. The number of aromatic carboxylic acids is 1. The highest BCUT2D eigenvalue weighted by molar-refractivity contribution is 6.34. The van der Waals surface area contributed by atoms with Crippen molar-refractivity contribution in [2.45, 2.75) is 19.8 Å². The van der Waals surface area contributed by atoms with E-state index in [0.29, 0.717) is 12.0 Å². The van der Waals surface area contributed by atoms with Crippen LogP contribution in [-0.2, 0) is 6.42 Å². The van der Waals surface area contributed by atoms with Crippen LogP contribution in [0.2, 0.25) is 10.3 Å². The van der Waals surface area contributed by atoms with Crippen molar-refractivity contribution < 1.29 is 9.90 Å². The lowest BCUT2D eigenvalue weighted by Gasteiger charge is -2.06. The summed E-state index contributed by atoms with van der Waals surface area (Å²) in [7, 11) is 0. The molecule has 0 aliphatic carbocycles. The van der Waals surface area contributed by atoms with Crippen LogP contribution in [0.15, 0.2) is 6.07 Å². The molecule has 1 N–H and O–H groups in total. The number of hydrogen-bond donors (Lipinski definition) is 1. The molecule has 0 saturated heterocycles. The molecule has 0 spiro atoms. The number of halogens is 2. The molecule has 3 nitrogen and oxygen atoms in total. The first kappa shape index (κ1) is 11.3. The fourth-order valence-corrected chi connectivity index (χ4v) is 1.78. The Labute approximate surface area is 91.7 Å². The third-order valence-electron chi connectivity index (χ3n) is 1.76. The Hall–Kier alpha value is -0.800. The molecule has 0 fully saturated rings. The Morgan fingerprint density at radius 2 is 2.21 bits per heavy atom. The Kier molecular flexibility index (Phi) is 3.72. The largest absolute Gasteiger partial charge is 0.478 e. The zero-order valence-electron chi connectivity index (χ0n) is 7.55. The standard InChI is InChI=1S/C9H9Cl2NO2/c1-2-3-5-4-6(10)12-8(11)7(5)9(13)14/h4H,2-3H2,1H3,(H,13,14). The molecule has 0 saturated carbocycles. The van der Waals surface area contributed by atoms with Gasteiger partial charge in [-0.25, -0.2) is 9.78 Å². The summed E-state index contributed by atoms with van der Waals surface area (Å²) in [6.45, 7) is 1.95. The first-order chi connectivity index (χ1) is 6.56. The predicted molar refractivity (Wildman–Crippen MR) is 55.2 cm³/mol. The van der Waals surface area contributed by atoms with Crippen LogP contribution in [0, 0.1) is 0 Å². The fraction of sp³-hybridized carbons (Fsp3) is 0.333. The maximum absolute atomic E-state index is 10.9. The second kappa shape index (κ2) is 4.62. The van der Waals surface area contributed by atoms with Gasteiger partial charge >= 0.3 is 5.97 Å². The van der Waals surface area contributed by atoms with E-state index in [1.54, 1.807) is 6.07 Å². The van der Waals surface area contributed by atoms with Gasteiger partial charge in [-0.15, -0.1) is 0 Å². The Morgan fingerprint density at radius 1 is 1.57 bits per heavy atom. The predicted octanol–water partition coefficient (Wildman–Crippen LogP) is 3.04. The van der Waals surface area contributed by atoms with E-state index in [4.69, 9.17) is 28.3 Å². The van der Waals surface area contributed by atoms with Gasteiger partial charge < -0.3 is 5.11 Å². The molecule has 0 unspecified atom stereocenters. The van der Waals surface area contributed by atoms with E-state index in [2.05, 4.69) is 4.98 Å². The number of carboxylic acid groups (broad SMARTS) is 1. The Bertz CT molecular complexity index is 366. The van der Waals surface area contributed by atoms with Gasteiger partial charge in [0.05, 0.1) is 0 Å². The summed E-state index contributed by atoms with van der Waals surface area (Å²) in [6, 6.07) is 1.54. The van der Waals surface area contributed by atoms with Crippen LogP contribution in [0.3, 0.4) is 0 Å². The summed E-state index contributed by atoms with van der Waals surface area (Å²) in [4.78, 5) is 14.5. The second-order valence-corrected chi connectivity index (χ2v) is 3.57. The quantitative estimate of drug-likeness (QED) is 0.817. The van der Waals surface area contributed by atoms with Crippen molar-refractivity contribution in [3.63, 3.8) is 0 Å². The van der Waals surface area contributed by atoms with Crippen LogP contribution in [-0.4, -0.2) is 16.1 Å². The minimum Gasteiger partial charge on any atom is -0.478 e. The molecule has 14 heavy (non-hydrogen) atoms. The maximum Gasteiger partial charge on any atom is 0.339 e. The molecule has 0 bridgehead atoms. The van der Waals surface area contributed by atoms with Crippen molar-refractivity contribution in [2.75, 3.05) is 0 Å². The number of pyridine rings is 1. The van der Waals surface area contributed by atoms with Gasteiger partial charge in [0.2, 0.25) is 0 Å². The fourth-order valence-electron chi connectivity index (χ4n) is 1.22. The normalized spacial score (nSPS) is 10.2. The first-order valence-corrected chi connectivity index (χ1v) is 4.90. The van der Waals surface area contributed by atoms with E-state index in [0.717, 1.165) is 6.42 Å². The van der Waals surface area contributed by atoms with Crippen LogP contribution >= 0.6 is 23.2 Å². The number of aryl methyl sites for hydroxylation is 1. The highest BCUT2D eigenvalue weighted by Crippen LogP contribution is 2.22. The molecule has 1 rings (SSSR count). The Balaban J connectivity index is 3.28. The molecule has 0 amide bonds. The van der Waals surface area contributed by atoms with E-state index in [1.807, 2.05) is 6.92 Å². The number of aromatic nitrogens is 1. The van der Waals surface area contributed by atoms with Crippen LogP contribution in [0.5, 0.6) is 0 Å². The first-order valence-electron chi connectivity index (χ1n) is 4.14. The van der Waals surface area contributed by atoms with Crippen molar-refractivity contribution in [3.05, 3.63) is 27.5 Å². The summed E-state index contributed by atoms with van der Waals surface area (Å²) in [5, 5.41) is 9.07. The van der Waals surface area contributed by atoms with Crippen molar-refractivity contribution >= 4 is 29.2 Å². The van der Waals surface area contributed by atoms with Crippen molar-refractivity contribution in [1.29, 1.82) is 0 Å². The smallest absolute Gasteiger partial charge is 0.339 e. The van der Waals surface area contributed by atoms with Crippen molar-refractivity contribution in [2.24, 2.45) is 0 Å². The number of hydrogen-bond acceptors (Lipinski definition) is 2. The highest BCUT2D eigenvalue weighted by atomic mass is 35.5. The lowest BCUT2D eigenvalue weighted by molar-refractivity contribution is 0.0695. The molecule has 1 aromatic heterocycles. The van der Waals surface area contributed by atoms with Gasteiger partial charge in [0.15, 0.2) is 0 Å². The number of nitrogens with zero attached hydrogens (tertiary/aromatic N) is 1. The molecule has 76 valence electrons. The third-order valence-corrected chi connectivity index (χ3v) is 2.23. The molecular formula is C9H9Cl2NO2. The molecule has 0 aliphatic rings. The van der Waals surface area contributed by atoms with Crippen LogP contribution in [0.4, 0.5) is 0 Å². The lowest BCUT2D eigenvalue weighted by atomic mass is 10.1. The number of carbonyl (C=O) groups is 1. The van der Waals surface area contributed by atoms with Crippen LogP contribution < -0.4 is 0 Å². The zero-order valence-corrected chi connectivity index (χ0v) is 9.06. The molecule has 0 aliphatic heterocycles. The van der Waals surface area contributed by atoms with Gasteiger partial charge in [-0.05, 0) is 18.1 Å².